The molecule has 3 heterocycles. The average molecular weight is 406 g/mol. The maximum absolute atomic E-state index is 11.3. The number of aromatic amines is 1. The molecule has 1 aromatic carbocycles. The molecule has 0 aliphatic rings. The second-order valence-corrected chi connectivity index (χ2v) is 5.92. The molecule has 3 N–H and O–H groups in total. The Morgan fingerprint density at radius 1 is 1.19 bits per heavy atom. The third kappa shape index (κ3) is 3.23. The number of benzene rings is 1. The minimum Gasteiger partial charge on any atom is -0.364 e. The molecule has 12 heteroatoms. The predicted molar refractivity (Wildman–Crippen MR) is 94.9 cm³/mol. The Bertz CT molecular complexity index is 1210. The van der Waals surface area contributed by atoms with Gasteiger partial charge in [-0.05, 0) is 23.1 Å². The Labute approximate surface area is 160 Å². The summed E-state index contributed by atoms with van der Waals surface area (Å²) < 4.78 is 10.8. The quantitative estimate of drug-likeness (QED) is 0.533. The van der Waals surface area contributed by atoms with Gasteiger partial charge < -0.3 is 10.3 Å². The van der Waals surface area contributed by atoms with Crippen LogP contribution in [0.1, 0.15) is 10.5 Å². The van der Waals surface area contributed by atoms with Crippen LogP contribution in [0.5, 0.6) is 0 Å². The largest absolute Gasteiger partial charge is 0.364 e. The van der Waals surface area contributed by atoms with Crippen LogP contribution in [0, 0.1) is 0 Å². The van der Waals surface area contributed by atoms with Crippen molar-refractivity contribution < 1.29 is 13.9 Å². The Hall–Kier alpha value is -3.37. The third-order valence-electron chi connectivity index (χ3n) is 3.43. The molecule has 136 valence electrons. The van der Waals surface area contributed by atoms with Crippen LogP contribution in [0.25, 0.3) is 28.4 Å². The van der Waals surface area contributed by atoms with Crippen molar-refractivity contribution in [3.8, 4) is 17.1 Å². The molecule has 4 aromatic rings. The molecule has 0 unspecified atom stereocenters. The van der Waals surface area contributed by atoms with Crippen molar-refractivity contribution >= 4 is 40.5 Å². The van der Waals surface area contributed by atoms with E-state index < -0.39 is 5.91 Å². The van der Waals surface area contributed by atoms with E-state index in [0.717, 1.165) is 4.91 Å². The van der Waals surface area contributed by atoms with Gasteiger partial charge in [0.15, 0.2) is 5.82 Å². The van der Waals surface area contributed by atoms with E-state index in [9.17, 15) is 4.79 Å². The van der Waals surface area contributed by atoms with Crippen LogP contribution in [-0.2, 0) is 0 Å². The van der Waals surface area contributed by atoms with Gasteiger partial charge in [-0.1, -0.05) is 29.3 Å². The van der Waals surface area contributed by atoms with E-state index in [1.54, 1.807) is 18.2 Å². The molecule has 0 saturated carbocycles. The van der Waals surface area contributed by atoms with E-state index >= 15 is 0 Å². The molecule has 3 aromatic heterocycles. The number of amides is 1. The number of carbonyl (C=O) groups is 1. The number of nitrogens with one attached hydrogen (secondary N) is 1. The van der Waals surface area contributed by atoms with Gasteiger partial charge in [0.1, 0.15) is 16.5 Å². The van der Waals surface area contributed by atoms with Gasteiger partial charge in [0.2, 0.25) is 5.65 Å². The molecule has 4 rings (SSSR count). The highest BCUT2D eigenvalue weighted by Gasteiger charge is 2.16. The third-order valence-corrected chi connectivity index (χ3v) is 4.01. The van der Waals surface area contributed by atoms with Crippen molar-refractivity contribution in [1.29, 1.82) is 0 Å². The highest BCUT2D eigenvalue weighted by atomic mass is 35.5. The van der Waals surface area contributed by atoms with Crippen LogP contribution >= 0.6 is 23.2 Å². The molecule has 0 radical (unpaired) electrons. The molecule has 10 nitrogen and oxygen atoms in total. The molecule has 0 aliphatic carbocycles. The van der Waals surface area contributed by atoms with Crippen molar-refractivity contribution in [3.63, 3.8) is 0 Å². The highest BCUT2D eigenvalue weighted by Crippen LogP contribution is 2.31. The minimum absolute atomic E-state index is 0.0645. The molecule has 0 spiro atoms. The maximum Gasteiger partial charge on any atom is 0.296 e. The molecular formula is C15H9Cl2N7O3. The number of hydrogen-bond donors (Lipinski definition) is 2. The fourth-order valence-corrected chi connectivity index (χ4v) is 2.64. The van der Waals surface area contributed by atoms with E-state index in [0.29, 0.717) is 11.3 Å². The second-order valence-electron chi connectivity index (χ2n) is 5.16. The molecule has 0 fully saturated rings. The fraction of sp³-hybridized carbons (Fsp3) is 0. The van der Waals surface area contributed by atoms with Crippen molar-refractivity contribution in [2.75, 3.05) is 0 Å². The molecule has 0 saturated heterocycles. The summed E-state index contributed by atoms with van der Waals surface area (Å²) in [5, 5.41) is 2.94. The standard InChI is InChI=1S/C15H9Cl2N7O3/c16-10-6-20-15-14(22-10)23-27-24(26-15)9-3-1-2-7(11(9)17)13-19-5-4-8(21-13)12(18)25/h1-6H,(H2,18,25)(H,22,23). The van der Waals surface area contributed by atoms with E-state index in [-0.39, 0.29) is 33.1 Å². The Morgan fingerprint density at radius 2 is 2.04 bits per heavy atom. The molecular weight excluding hydrogens is 397 g/mol. The lowest BCUT2D eigenvalue weighted by Crippen LogP contribution is -2.13. The van der Waals surface area contributed by atoms with Crippen molar-refractivity contribution in [2.24, 2.45) is 5.73 Å². The first-order valence-corrected chi connectivity index (χ1v) is 8.14. The van der Waals surface area contributed by atoms with E-state index in [1.165, 1.54) is 18.5 Å². The van der Waals surface area contributed by atoms with Crippen LogP contribution in [0.4, 0.5) is 0 Å². The SMILES string of the molecule is NC(=O)c1ccnc(-c2cccc(-n3o[nH]c4nc(Cl)cnc4o3)c2Cl)n1. The molecule has 27 heavy (non-hydrogen) atoms. The molecule has 0 bridgehead atoms. The van der Waals surface area contributed by atoms with Gasteiger partial charge in [0.05, 0.1) is 11.2 Å². The summed E-state index contributed by atoms with van der Waals surface area (Å²) in [5.74, 6) is -0.457. The van der Waals surface area contributed by atoms with Crippen LogP contribution < -0.4 is 5.73 Å². The number of fused-ring (bicyclic) bond motifs is 1. The van der Waals surface area contributed by atoms with Crippen LogP contribution in [0.15, 0.2) is 45.8 Å². The van der Waals surface area contributed by atoms with Gasteiger partial charge >= 0.3 is 0 Å². The van der Waals surface area contributed by atoms with Crippen molar-refractivity contribution in [2.45, 2.75) is 0 Å². The van der Waals surface area contributed by atoms with E-state index in [2.05, 4.69) is 25.1 Å². The summed E-state index contributed by atoms with van der Waals surface area (Å²) in [6.45, 7) is 0. The number of primary amides is 1. The zero-order valence-electron chi connectivity index (χ0n) is 13.3. The smallest absolute Gasteiger partial charge is 0.296 e. The van der Waals surface area contributed by atoms with Gasteiger partial charge in [-0.15, -0.1) is 0 Å². The zero-order valence-corrected chi connectivity index (χ0v) is 14.8. The minimum atomic E-state index is -0.674. The van der Waals surface area contributed by atoms with Gasteiger partial charge in [-0.3, -0.25) is 9.42 Å². The number of rotatable bonds is 3. The van der Waals surface area contributed by atoms with Gasteiger partial charge in [0.25, 0.3) is 11.6 Å². The summed E-state index contributed by atoms with van der Waals surface area (Å²) in [4.78, 5) is 28.6. The number of nitrogens with two attached hydrogens (primary N) is 1. The molecule has 1 amide bonds. The average Bonchev–Trinajstić information content (AvgIpc) is 2.68. The monoisotopic (exact) mass is 405 g/mol. The van der Waals surface area contributed by atoms with Gasteiger partial charge in [0, 0.05) is 11.8 Å². The molecule has 0 atom stereocenters. The van der Waals surface area contributed by atoms with Crippen LogP contribution in [0.3, 0.4) is 0 Å². The zero-order chi connectivity index (χ0) is 19.0. The summed E-state index contributed by atoms with van der Waals surface area (Å²) in [6, 6.07) is 6.41. The van der Waals surface area contributed by atoms with Gasteiger partial charge in [-0.25, -0.2) is 19.9 Å². The second kappa shape index (κ2) is 6.74. The van der Waals surface area contributed by atoms with Crippen molar-refractivity contribution in [3.05, 3.63) is 52.5 Å². The number of hydrogen-bond acceptors (Lipinski definition) is 7. The maximum atomic E-state index is 11.3. The number of H-pyrrole nitrogens is 1. The fourth-order valence-electron chi connectivity index (χ4n) is 2.23. The highest BCUT2D eigenvalue weighted by molar-refractivity contribution is 6.35. The van der Waals surface area contributed by atoms with Crippen LogP contribution in [0.2, 0.25) is 10.2 Å². The van der Waals surface area contributed by atoms with E-state index in [1.807, 2.05) is 0 Å². The number of aromatic nitrogens is 6. The Morgan fingerprint density at radius 3 is 2.85 bits per heavy atom. The Balaban J connectivity index is 1.84. The number of carbonyl (C=O) groups excluding carboxylic acids is 1. The lowest BCUT2D eigenvalue weighted by molar-refractivity contribution is 0.0713. The summed E-state index contributed by atoms with van der Waals surface area (Å²) in [6.07, 6.45) is 2.74. The first kappa shape index (κ1) is 17.1. The van der Waals surface area contributed by atoms with Crippen molar-refractivity contribution in [1.82, 2.24) is 30.0 Å². The number of nitrogens with zero attached hydrogens (tertiary/aromatic N) is 5. The van der Waals surface area contributed by atoms with Gasteiger partial charge in [-0.2, -0.15) is 5.16 Å². The predicted octanol–water partition coefficient (Wildman–Crippen LogP) is 2.92. The summed E-state index contributed by atoms with van der Waals surface area (Å²) in [7, 11) is 0. The summed E-state index contributed by atoms with van der Waals surface area (Å²) in [5.41, 5.74) is 6.45. The molecule has 0 aliphatic heterocycles. The van der Waals surface area contributed by atoms with Crippen LogP contribution in [-0.4, -0.2) is 35.9 Å². The lowest BCUT2D eigenvalue weighted by Gasteiger charge is -2.09. The summed E-state index contributed by atoms with van der Waals surface area (Å²) >= 11 is 12.3. The topological polar surface area (TPSA) is 142 Å². The normalized spacial score (nSPS) is 10.9. The first-order chi connectivity index (χ1) is 13.0. The van der Waals surface area contributed by atoms with E-state index in [4.69, 9.17) is 38.1 Å². The lowest BCUT2D eigenvalue weighted by atomic mass is 10.2. The number of halogens is 2. The Kier molecular flexibility index (Phi) is 4.26. The first-order valence-electron chi connectivity index (χ1n) is 7.38.